The van der Waals surface area contributed by atoms with E-state index in [4.69, 9.17) is 18.9 Å². The molecule has 12 nitrogen and oxygen atoms in total. The predicted octanol–water partition coefficient (Wildman–Crippen LogP) is -0.622. The second kappa shape index (κ2) is 13.0. The number of hydrogen-bond acceptors (Lipinski definition) is 12. The Labute approximate surface area is 241 Å². The Morgan fingerprint density at radius 3 is 1.00 bits per heavy atom. The molecule has 0 aliphatic carbocycles. The molecule has 2 aliphatic rings. The molecular weight excluding hydrogens is 552 g/mol. The van der Waals surface area contributed by atoms with Crippen LogP contribution in [0.5, 0.6) is 11.5 Å². The Morgan fingerprint density at radius 1 is 0.429 bits per heavy atom. The monoisotopic (exact) mass is 586 g/mol. The van der Waals surface area contributed by atoms with Crippen molar-refractivity contribution in [3.63, 3.8) is 0 Å². The van der Waals surface area contributed by atoms with E-state index >= 15 is 0 Å². The van der Waals surface area contributed by atoms with Crippen LogP contribution in [-0.2, 0) is 9.47 Å². The Balaban J connectivity index is 1.20. The normalized spacial score (nSPS) is 33.2. The molecule has 0 radical (unpaired) electrons. The van der Waals surface area contributed by atoms with Crippen LogP contribution in [-0.4, -0.2) is 115 Å². The van der Waals surface area contributed by atoms with Gasteiger partial charge in [-0.1, -0.05) is 48.5 Å². The summed E-state index contributed by atoms with van der Waals surface area (Å²) in [5.41, 5.74) is 3.65. The van der Waals surface area contributed by atoms with Gasteiger partial charge < -0.3 is 59.8 Å². The van der Waals surface area contributed by atoms with Gasteiger partial charge in [-0.3, -0.25) is 0 Å². The molecule has 0 saturated carbocycles. The third-order valence-electron chi connectivity index (χ3n) is 7.46. The Morgan fingerprint density at radius 2 is 0.714 bits per heavy atom. The molecule has 2 fully saturated rings. The van der Waals surface area contributed by atoms with Crippen LogP contribution in [0.15, 0.2) is 72.8 Å². The summed E-state index contributed by atoms with van der Waals surface area (Å²) >= 11 is 0. The lowest BCUT2D eigenvalue weighted by atomic mass is 9.99. The van der Waals surface area contributed by atoms with Gasteiger partial charge in [0, 0.05) is 0 Å². The van der Waals surface area contributed by atoms with Crippen molar-refractivity contribution in [3.8, 4) is 33.8 Å². The molecule has 0 bridgehead atoms. The van der Waals surface area contributed by atoms with E-state index in [0.29, 0.717) is 11.5 Å². The molecule has 5 rings (SSSR count). The van der Waals surface area contributed by atoms with Gasteiger partial charge in [-0.2, -0.15) is 0 Å². The van der Waals surface area contributed by atoms with Gasteiger partial charge in [-0.25, -0.2) is 0 Å². The highest BCUT2D eigenvalue weighted by Gasteiger charge is 2.45. The van der Waals surface area contributed by atoms with Gasteiger partial charge in [0.15, 0.2) is 0 Å². The predicted molar refractivity (Wildman–Crippen MR) is 146 cm³/mol. The summed E-state index contributed by atoms with van der Waals surface area (Å²) in [5, 5.41) is 78.8. The van der Waals surface area contributed by atoms with Crippen LogP contribution >= 0.6 is 0 Å². The van der Waals surface area contributed by atoms with E-state index in [1.54, 1.807) is 24.3 Å². The van der Waals surface area contributed by atoms with Crippen molar-refractivity contribution in [2.45, 2.75) is 61.4 Å². The molecule has 2 unspecified atom stereocenters. The number of hydrogen-bond donors (Lipinski definition) is 8. The van der Waals surface area contributed by atoms with E-state index in [1.807, 2.05) is 48.5 Å². The molecule has 10 atom stereocenters. The van der Waals surface area contributed by atoms with Crippen LogP contribution in [0.2, 0.25) is 0 Å². The summed E-state index contributed by atoms with van der Waals surface area (Å²) in [6, 6.07) is 21.8. The SMILES string of the molecule is OC[C@H]1OC(Oc2ccc(-c3ccc(-c4ccc(OC5O[C@H](CO)[C@H](O)[C@H](O)[C@H]5O)cc4)cc3)cc2)[C@H](O)[C@@H](O)[C@H]1O. The van der Waals surface area contributed by atoms with Crippen LogP contribution in [0.1, 0.15) is 0 Å². The average Bonchev–Trinajstić information content (AvgIpc) is 3.02. The highest BCUT2D eigenvalue weighted by atomic mass is 16.7. The van der Waals surface area contributed by atoms with Gasteiger partial charge in [-0.15, -0.1) is 0 Å². The van der Waals surface area contributed by atoms with Crippen molar-refractivity contribution in [1.29, 1.82) is 0 Å². The zero-order chi connectivity index (χ0) is 30.0. The summed E-state index contributed by atoms with van der Waals surface area (Å²) in [6.45, 7) is -1.08. The molecule has 42 heavy (non-hydrogen) atoms. The minimum Gasteiger partial charge on any atom is -0.462 e. The highest BCUT2D eigenvalue weighted by Crippen LogP contribution is 2.30. The number of benzene rings is 3. The van der Waals surface area contributed by atoms with E-state index < -0.39 is 74.6 Å². The third-order valence-corrected chi connectivity index (χ3v) is 7.46. The number of aliphatic hydroxyl groups excluding tert-OH is 8. The van der Waals surface area contributed by atoms with Gasteiger partial charge in [0.1, 0.15) is 60.3 Å². The summed E-state index contributed by atoms with van der Waals surface area (Å²) in [4.78, 5) is 0. The Bertz CT molecular complexity index is 1180. The molecular formula is C30H34O12. The molecule has 2 aliphatic heterocycles. The molecule has 12 heteroatoms. The van der Waals surface area contributed by atoms with Crippen LogP contribution < -0.4 is 9.47 Å². The van der Waals surface area contributed by atoms with Crippen molar-refractivity contribution in [2.24, 2.45) is 0 Å². The zero-order valence-corrected chi connectivity index (χ0v) is 22.3. The molecule has 2 heterocycles. The zero-order valence-electron chi connectivity index (χ0n) is 22.3. The van der Waals surface area contributed by atoms with Gasteiger partial charge in [0.05, 0.1) is 13.2 Å². The lowest BCUT2D eigenvalue weighted by Crippen LogP contribution is -2.60. The van der Waals surface area contributed by atoms with Crippen molar-refractivity contribution >= 4 is 0 Å². The maximum absolute atomic E-state index is 10.2. The Hall–Kier alpha value is -3.14. The van der Waals surface area contributed by atoms with Gasteiger partial charge >= 0.3 is 0 Å². The molecule has 3 aromatic carbocycles. The number of rotatable bonds is 8. The smallest absolute Gasteiger partial charge is 0.229 e. The van der Waals surface area contributed by atoms with Crippen molar-refractivity contribution in [2.75, 3.05) is 13.2 Å². The van der Waals surface area contributed by atoms with Crippen LogP contribution in [0.4, 0.5) is 0 Å². The van der Waals surface area contributed by atoms with Crippen molar-refractivity contribution in [1.82, 2.24) is 0 Å². The molecule has 0 aromatic heterocycles. The number of aliphatic hydroxyl groups is 8. The van der Waals surface area contributed by atoms with E-state index in [0.717, 1.165) is 22.3 Å². The van der Waals surface area contributed by atoms with E-state index in [9.17, 15) is 40.9 Å². The van der Waals surface area contributed by atoms with E-state index in [1.165, 1.54) is 0 Å². The van der Waals surface area contributed by atoms with Crippen molar-refractivity contribution in [3.05, 3.63) is 72.8 Å². The molecule has 8 N–H and O–H groups in total. The number of ether oxygens (including phenoxy) is 4. The molecule has 0 spiro atoms. The molecule has 2 saturated heterocycles. The fourth-order valence-electron chi connectivity index (χ4n) is 4.90. The van der Waals surface area contributed by atoms with E-state index in [-0.39, 0.29) is 0 Å². The first-order valence-corrected chi connectivity index (χ1v) is 13.5. The lowest BCUT2D eigenvalue weighted by molar-refractivity contribution is -0.277. The lowest BCUT2D eigenvalue weighted by Gasteiger charge is -2.39. The standard InChI is InChI=1S/C30H34O12/c31-13-21-23(33)25(35)27(37)29(41-21)39-19-9-5-17(6-10-19)15-1-2-16(4-3-15)18-7-11-20(12-8-18)40-30-28(38)26(36)24(34)22(14-32)42-30/h1-12,21-38H,13-14H2/t21-,22-,23+,24+,25+,26+,27-,28-,29?,30?/m1/s1. The highest BCUT2D eigenvalue weighted by molar-refractivity contribution is 5.71. The van der Waals surface area contributed by atoms with Crippen molar-refractivity contribution < 1.29 is 59.8 Å². The Kier molecular flexibility index (Phi) is 9.40. The fourth-order valence-corrected chi connectivity index (χ4v) is 4.90. The quantitative estimate of drug-likeness (QED) is 0.167. The molecule has 0 amide bonds. The maximum atomic E-state index is 10.2. The second-order valence-electron chi connectivity index (χ2n) is 10.3. The largest absolute Gasteiger partial charge is 0.462 e. The molecule has 3 aromatic rings. The summed E-state index contributed by atoms with van der Waals surface area (Å²) in [7, 11) is 0. The van der Waals surface area contributed by atoms with Gasteiger partial charge in [0.25, 0.3) is 0 Å². The maximum Gasteiger partial charge on any atom is 0.229 e. The summed E-state index contributed by atoms with van der Waals surface area (Å²) in [6.07, 6.45) is -13.6. The first-order chi connectivity index (χ1) is 20.2. The van der Waals surface area contributed by atoms with Gasteiger partial charge in [-0.05, 0) is 46.5 Å². The van der Waals surface area contributed by atoms with Crippen LogP contribution in [0.3, 0.4) is 0 Å². The fraction of sp³-hybridized carbons (Fsp3) is 0.400. The van der Waals surface area contributed by atoms with Crippen LogP contribution in [0, 0.1) is 0 Å². The minimum atomic E-state index is -1.52. The minimum absolute atomic E-state index is 0.366. The van der Waals surface area contributed by atoms with Gasteiger partial charge in [0.2, 0.25) is 12.6 Å². The third kappa shape index (κ3) is 6.28. The summed E-state index contributed by atoms with van der Waals surface area (Å²) < 4.78 is 22.1. The average molecular weight is 587 g/mol. The topological polar surface area (TPSA) is 199 Å². The molecule has 226 valence electrons. The first kappa shape index (κ1) is 30.3. The first-order valence-electron chi connectivity index (χ1n) is 13.5. The van der Waals surface area contributed by atoms with Crippen LogP contribution in [0.25, 0.3) is 22.3 Å². The summed E-state index contributed by atoms with van der Waals surface area (Å²) in [5.74, 6) is 0.733. The van der Waals surface area contributed by atoms with E-state index in [2.05, 4.69) is 0 Å². The second-order valence-corrected chi connectivity index (χ2v) is 10.3.